The van der Waals surface area contributed by atoms with Crippen LogP contribution in [0.3, 0.4) is 0 Å². The Morgan fingerprint density at radius 3 is 1.24 bits per heavy atom. The van der Waals surface area contributed by atoms with Crippen LogP contribution in [0.25, 0.3) is 0 Å². The van der Waals surface area contributed by atoms with Gasteiger partial charge in [-0.15, -0.1) is 0 Å². The van der Waals surface area contributed by atoms with Crippen LogP contribution in [0.4, 0.5) is 0 Å². The molecule has 0 unspecified atom stereocenters. The molecular weight excluding hydrogens is 268 g/mol. The Morgan fingerprint density at radius 1 is 0.765 bits per heavy atom. The van der Waals surface area contributed by atoms with E-state index >= 15 is 0 Å². The van der Waals surface area contributed by atoms with Crippen LogP contribution in [-0.2, 0) is 16.4 Å². The molecule has 0 atom stereocenters. The first-order valence-electron chi connectivity index (χ1n) is 6.46. The van der Waals surface area contributed by atoms with Crippen molar-refractivity contribution in [2.45, 2.75) is 78.0 Å². The molecule has 2 nitrogen and oxygen atoms in total. The summed E-state index contributed by atoms with van der Waals surface area (Å²) >= 11 is 5.86. The van der Waals surface area contributed by atoms with E-state index in [0.717, 1.165) is 0 Å². The van der Waals surface area contributed by atoms with E-state index in [-0.39, 0.29) is 11.3 Å². The van der Waals surface area contributed by atoms with Gasteiger partial charge in [0.05, 0.1) is 0 Å². The lowest BCUT2D eigenvalue weighted by atomic mass is 10.5. The minimum absolute atomic E-state index is 0.155. The van der Waals surface area contributed by atoms with E-state index in [1.165, 1.54) is 0 Å². The standard InChI is InChI=1S/C12H29NOP2S/c1-9(2)15(14,10(3)4)13-16(17,11(5)6)12(7)8/h9-12H,1-8H3,(H,13,14,17). The molecule has 0 aliphatic heterocycles. The average molecular weight is 297 g/mol. The second-order valence-electron chi connectivity index (χ2n) is 5.89. The van der Waals surface area contributed by atoms with Gasteiger partial charge in [0.1, 0.15) is 0 Å². The summed E-state index contributed by atoms with van der Waals surface area (Å²) in [6.07, 6.45) is -1.77. The second-order valence-corrected chi connectivity index (χ2v) is 15.5. The Hall–Kier alpha value is 0.840. The van der Waals surface area contributed by atoms with E-state index < -0.39 is 13.5 Å². The summed E-state index contributed by atoms with van der Waals surface area (Å²) < 4.78 is 13.1. The van der Waals surface area contributed by atoms with E-state index in [0.29, 0.717) is 11.3 Å². The molecule has 0 saturated heterocycles. The smallest absolute Gasteiger partial charge is 0.156 e. The van der Waals surface area contributed by atoms with Gasteiger partial charge in [-0.25, -0.2) is 4.86 Å². The van der Waals surface area contributed by atoms with E-state index in [9.17, 15) is 4.57 Å². The van der Waals surface area contributed by atoms with Crippen LogP contribution in [-0.4, -0.2) is 22.6 Å². The first-order chi connectivity index (χ1) is 7.48. The molecule has 17 heavy (non-hydrogen) atoms. The van der Waals surface area contributed by atoms with Crippen LogP contribution < -0.4 is 4.86 Å². The molecule has 0 heterocycles. The third-order valence-electron chi connectivity index (χ3n) is 3.38. The van der Waals surface area contributed by atoms with Gasteiger partial charge in [0.15, 0.2) is 7.29 Å². The lowest BCUT2D eigenvalue weighted by Gasteiger charge is -2.38. The highest BCUT2D eigenvalue weighted by Crippen LogP contribution is 2.64. The van der Waals surface area contributed by atoms with Crippen LogP contribution in [0.15, 0.2) is 0 Å². The van der Waals surface area contributed by atoms with E-state index in [2.05, 4.69) is 32.6 Å². The zero-order valence-electron chi connectivity index (χ0n) is 12.5. The van der Waals surface area contributed by atoms with Crippen molar-refractivity contribution < 1.29 is 4.57 Å². The third kappa shape index (κ3) is 3.90. The molecule has 0 aromatic rings. The summed E-state index contributed by atoms with van der Waals surface area (Å²) in [7, 11) is -2.40. The van der Waals surface area contributed by atoms with Gasteiger partial charge in [-0.1, -0.05) is 67.2 Å². The van der Waals surface area contributed by atoms with Gasteiger partial charge < -0.3 is 4.57 Å². The van der Waals surface area contributed by atoms with Gasteiger partial charge in [0.2, 0.25) is 0 Å². The van der Waals surface area contributed by atoms with Crippen molar-refractivity contribution in [1.82, 2.24) is 4.86 Å². The van der Waals surface area contributed by atoms with Crippen molar-refractivity contribution in [1.29, 1.82) is 0 Å². The second kappa shape index (κ2) is 6.33. The molecule has 0 aromatic carbocycles. The minimum Gasteiger partial charge on any atom is -0.306 e. The highest BCUT2D eigenvalue weighted by atomic mass is 32.4. The zero-order valence-corrected chi connectivity index (χ0v) is 15.1. The SMILES string of the molecule is CC(C)P(=O)(NP(=S)(C(C)C)C(C)C)C(C)C. The molecule has 104 valence electrons. The maximum atomic E-state index is 13.1. The Labute approximate surface area is 113 Å². The molecule has 0 aliphatic rings. The molecule has 0 spiro atoms. The summed E-state index contributed by atoms with van der Waals surface area (Å²) in [6, 6.07) is 0. The molecule has 0 amide bonds. The molecule has 5 heteroatoms. The molecule has 0 rings (SSSR count). The number of rotatable bonds is 6. The van der Waals surface area contributed by atoms with Crippen molar-refractivity contribution in [2.24, 2.45) is 0 Å². The van der Waals surface area contributed by atoms with Gasteiger partial charge >= 0.3 is 0 Å². The summed E-state index contributed by atoms with van der Waals surface area (Å²) in [5.41, 5.74) is 1.09. The molecule has 0 bridgehead atoms. The summed E-state index contributed by atoms with van der Waals surface area (Å²) in [4.78, 5) is 3.49. The van der Waals surface area contributed by atoms with Crippen LogP contribution in [0.2, 0.25) is 0 Å². The minimum atomic E-state index is -2.40. The van der Waals surface area contributed by atoms with Crippen molar-refractivity contribution in [3.63, 3.8) is 0 Å². The highest BCUT2D eigenvalue weighted by Gasteiger charge is 2.38. The summed E-state index contributed by atoms with van der Waals surface area (Å²) in [5, 5.41) is 0. The number of nitrogens with one attached hydrogen (secondary N) is 1. The zero-order chi connectivity index (χ0) is 14.0. The van der Waals surface area contributed by atoms with Gasteiger partial charge in [0.25, 0.3) is 0 Å². The van der Waals surface area contributed by atoms with Crippen molar-refractivity contribution in [2.75, 3.05) is 0 Å². The molecule has 0 saturated carbocycles. The number of hydrogen-bond donors (Lipinski definition) is 1. The van der Waals surface area contributed by atoms with Gasteiger partial charge in [-0.05, 0) is 11.3 Å². The van der Waals surface area contributed by atoms with Crippen LogP contribution in [0, 0.1) is 0 Å². The Kier molecular flexibility index (Phi) is 6.64. The Balaban J connectivity index is 5.39. The van der Waals surface area contributed by atoms with Gasteiger partial charge in [-0.3, -0.25) is 0 Å². The van der Waals surface area contributed by atoms with E-state index in [1.54, 1.807) is 0 Å². The van der Waals surface area contributed by atoms with Crippen molar-refractivity contribution in [3.8, 4) is 0 Å². The maximum Gasteiger partial charge on any atom is 0.156 e. The Morgan fingerprint density at radius 2 is 1.06 bits per heavy atom. The van der Waals surface area contributed by atoms with Crippen LogP contribution >= 0.6 is 13.5 Å². The lowest BCUT2D eigenvalue weighted by Crippen LogP contribution is -2.27. The predicted molar refractivity (Wildman–Crippen MR) is 85.6 cm³/mol. The summed E-state index contributed by atoms with van der Waals surface area (Å²) in [6.45, 7) is 16.7. The van der Waals surface area contributed by atoms with E-state index in [1.807, 2.05) is 27.7 Å². The third-order valence-corrected chi connectivity index (χ3v) is 15.3. The quantitative estimate of drug-likeness (QED) is 0.708. The molecule has 0 aromatic heterocycles. The molecule has 0 fully saturated rings. The van der Waals surface area contributed by atoms with Crippen LogP contribution in [0.1, 0.15) is 55.4 Å². The van der Waals surface area contributed by atoms with E-state index in [4.69, 9.17) is 11.8 Å². The number of hydrogen-bond acceptors (Lipinski definition) is 2. The molecular formula is C12H29NOP2S. The molecule has 0 radical (unpaired) electrons. The monoisotopic (exact) mass is 297 g/mol. The predicted octanol–water partition coefficient (Wildman–Crippen LogP) is 4.88. The molecule has 0 aliphatic carbocycles. The first kappa shape index (κ1) is 17.8. The maximum absolute atomic E-state index is 13.1. The van der Waals surface area contributed by atoms with Gasteiger partial charge in [-0.2, -0.15) is 0 Å². The fourth-order valence-electron chi connectivity index (χ4n) is 1.90. The molecule has 1 N–H and O–H groups in total. The fourth-order valence-corrected chi connectivity index (χ4v) is 11.1. The normalized spacial score (nSPS) is 14.4. The lowest BCUT2D eigenvalue weighted by molar-refractivity contribution is 0.559. The average Bonchev–Trinajstić information content (AvgIpc) is 2.15. The topological polar surface area (TPSA) is 29.1 Å². The largest absolute Gasteiger partial charge is 0.306 e. The van der Waals surface area contributed by atoms with Crippen molar-refractivity contribution >= 4 is 25.3 Å². The highest BCUT2D eigenvalue weighted by molar-refractivity contribution is 8.16. The fraction of sp³-hybridized carbons (Fsp3) is 1.00. The Bertz CT molecular complexity index is 281. The summed E-state index contributed by atoms with van der Waals surface area (Å²) in [5.74, 6) is 0. The van der Waals surface area contributed by atoms with Gasteiger partial charge in [0, 0.05) is 17.5 Å². The van der Waals surface area contributed by atoms with Crippen molar-refractivity contribution in [3.05, 3.63) is 0 Å². The van der Waals surface area contributed by atoms with Crippen LogP contribution in [0.5, 0.6) is 0 Å². The first-order valence-corrected chi connectivity index (χ1v) is 11.2.